The first kappa shape index (κ1) is 10.9. The summed E-state index contributed by atoms with van der Waals surface area (Å²) in [4.78, 5) is 31.3. The van der Waals surface area contributed by atoms with Crippen molar-refractivity contribution in [1.29, 1.82) is 0 Å². The van der Waals surface area contributed by atoms with Gasteiger partial charge >= 0.3 is 0 Å². The van der Waals surface area contributed by atoms with E-state index in [1.54, 1.807) is 4.90 Å². The Morgan fingerprint density at radius 3 is 2.81 bits per heavy atom. The predicted molar refractivity (Wildman–Crippen MR) is 59.2 cm³/mol. The highest BCUT2D eigenvalue weighted by Crippen LogP contribution is 2.16. The molecule has 16 heavy (non-hydrogen) atoms. The van der Waals surface area contributed by atoms with Gasteiger partial charge in [-0.15, -0.1) is 0 Å². The highest BCUT2D eigenvalue weighted by molar-refractivity contribution is 5.93. The summed E-state index contributed by atoms with van der Waals surface area (Å²) in [5.74, 6) is 0.456. The summed E-state index contributed by atoms with van der Waals surface area (Å²) in [5, 5.41) is 0. The molecule has 0 spiro atoms. The van der Waals surface area contributed by atoms with Crippen LogP contribution in [0.2, 0.25) is 0 Å². The van der Waals surface area contributed by atoms with Gasteiger partial charge in [0.2, 0.25) is 0 Å². The van der Waals surface area contributed by atoms with Gasteiger partial charge in [-0.1, -0.05) is 6.92 Å². The van der Waals surface area contributed by atoms with Crippen molar-refractivity contribution < 1.29 is 4.79 Å². The molecule has 2 heterocycles. The molecule has 1 saturated heterocycles. The molecular weight excluding hydrogens is 206 g/mol. The first-order chi connectivity index (χ1) is 7.68. The lowest BCUT2D eigenvalue weighted by molar-refractivity contribution is 0.0695. The Morgan fingerprint density at radius 1 is 1.50 bits per heavy atom. The summed E-state index contributed by atoms with van der Waals surface area (Å²) >= 11 is 0. The Labute approximate surface area is 93.5 Å². The summed E-state index contributed by atoms with van der Waals surface area (Å²) in [6.07, 6.45) is 4.63. The Morgan fingerprint density at radius 2 is 2.19 bits per heavy atom. The molecule has 86 valence electrons. The van der Waals surface area contributed by atoms with Crippen molar-refractivity contribution in [1.82, 2.24) is 14.9 Å². The Kier molecular flexibility index (Phi) is 3.03. The maximum atomic E-state index is 12.0. The molecule has 0 aromatic carbocycles. The SMILES string of the molecule is CC1CCN(C(=O)c2cnc[nH]c2=O)CC1. The van der Waals surface area contributed by atoms with E-state index < -0.39 is 0 Å². The number of amides is 1. The second-order valence-electron chi connectivity index (χ2n) is 4.27. The lowest BCUT2D eigenvalue weighted by atomic mass is 9.99. The minimum atomic E-state index is -0.362. The molecule has 1 N–H and O–H groups in total. The molecule has 5 nitrogen and oxygen atoms in total. The van der Waals surface area contributed by atoms with Gasteiger partial charge in [0.15, 0.2) is 0 Å². The molecule has 0 atom stereocenters. The molecule has 0 saturated carbocycles. The fourth-order valence-corrected chi connectivity index (χ4v) is 1.88. The normalized spacial score (nSPS) is 17.4. The van der Waals surface area contributed by atoms with Crippen LogP contribution in [0.3, 0.4) is 0 Å². The maximum absolute atomic E-state index is 12.0. The summed E-state index contributed by atoms with van der Waals surface area (Å²) in [5.41, 5.74) is -0.226. The molecule has 0 bridgehead atoms. The van der Waals surface area contributed by atoms with Crippen molar-refractivity contribution in [2.75, 3.05) is 13.1 Å². The summed E-state index contributed by atoms with van der Waals surface area (Å²) in [6.45, 7) is 3.64. The van der Waals surface area contributed by atoms with Crippen molar-refractivity contribution in [3.05, 3.63) is 28.4 Å². The van der Waals surface area contributed by atoms with Gasteiger partial charge in [0.1, 0.15) is 5.56 Å². The quantitative estimate of drug-likeness (QED) is 0.756. The van der Waals surface area contributed by atoms with E-state index in [4.69, 9.17) is 0 Å². The van der Waals surface area contributed by atoms with E-state index >= 15 is 0 Å². The number of H-pyrrole nitrogens is 1. The van der Waals surface area contributed by atoms with Crippen molar-refractivity contribution in [2.45, 2.75) is 19.8 Å². The van der Waals surface area contributed by atoms with E-state index in [0.29, 0.717) is 5.92 Å². The van der Waals surface area contributed by atoms with Crippen LogP contribution in [0.25, 0.3) is 0 Å². The fraction of sp³-hybridized carbons (Fsp3) is 0.545. The number of hydrogen-bond acceptors (Lipinski definition) is 3. The maximum Gasteiger partial charge on any atom is 0.263 e. The van der Waals surface area contributed by atoms with Crippen molar-refractivity contribution in [2.24, 2.45) is 5.92 Å². The van der Waals surface area contributed by atoms with E-state index in [9.17, 15) is 9.59 Å². The minimum absolute atomic E-state index is 0.136. The lowest BCUT2D eigenvalue weighted by Gasteiger charge is -2.29. The van der Waals surface area contributed by atoms with E-state index in [1.165, 1.54) is 12.5 Å². The van der Waals surface area contributed by atoms with Crippen LogP contribution < -0.4 is 5.56 Å². The van der Waals surface area contributed by atoms with Gasteiger partial charge in [0.25, 0.3) is 11.5 Å². The number of likely N-dealkylation sites (tertiary alicyclic amines) is 1. The predicted octanol–water partition coefficient (Wildman–Crippen LogP) is 0.642. The molecule has 1 aromatic heterocycles. The fourth-order valence-electron chi connectivity index (χ4n) is 1.88. The number of aromatic amines is 1. The smallest absolute Gasteiger partial charge is 0.263 e. The van der Waals surface area contributed by atoms with Crippen LogP contribution in [-0.2, 0) is 0 Å². The van der Waals surface area contributed by atoms with Crippen LogP contribution in [0.15, 0.2) is 17.3 Å². The third-order valence-electron chi connectivity index (χ3n) is 3.02. The first-order valence-electron chi connectivity index (χ1n) is 5.50. The minimum Gasteiger partial charge on any atom is -0.338 e. The second-order valence-corrected chi connectivity index (χ2v) is 4.27. The van der Waals surface area contributed by atoms with E-state index in [0.717, 1.165) is 25.9 Å². The number of rotatable bonds is 1. The molecule has 1 aliphatic heterocycles. The topological polar surface area (TPSA) is 66.1 Å². The average Bonchev–Trinajstić information content (AvgIpc) is 2.30. The second kappa shape index (κ2) is 4.47. The van der Waals surface area contributed by atoms with Gasteiger partial charge in [0.05, 0.1) is 6.33 Å². The van der Waals surface area contributed by atoms with Gasteiger partial charge in [-0.3, -0.25) is 9.59 Å². The van der Waals surface area contributed by atoms with Crippen molar-refractivity contribution in [3.63, 3.8) is 0 Å². The molecule has 1 aromatic rings. The molecule has 1 amide bonds. The number of piperidine rings is 1. The molecular formula is C11H15N3O2. The van der Waals surface area contributed by atoms with Crippen molar-refractivity contribution in [3.8, 4) is 0 Å². The standard InChI is InChI=1S/C11H15N3O2/c1-8-2-4-14(5-3-8)11(16)9-6-12-7-13-10(9)15/h6-8H,2-5H2,1H3,(H,12,13,15). The van der Waals surface area contributed by atoms with Gasteiger partial charge in [-0.2, -0.15) is 0 Å². The van der Waals surface area contributed by atoms with Gasteiger partial charge in [-0.05, 0) is 18.8 Å². The number of aromatic nitrogens is 2. The summed E-state index contributed by atoms with van der Waals surface area (Å²) in [6, 6.07) is 0. The van der Waals surface area contributed by atoms with Crippen molar-refractivity contribution >= 4 is 5.91 Å². The zero-order chi connectivity index (χ0) is 11.5. The third-order valence-corrected chi connectivity index (χ3v) is 3.02. The molecule has 0 unspecified atom stereocenters. The van der Waals surface area contributed by atoms with Gasteiger partial charge < -0.3 is 9.88 Å². The van der Waals surface area contributed by atoms with Crippen LogP contribution >= 0.6 is 0 Å². The highest BCUT2D eigenvalue weighted by atomic mass is 16.2. The summed E-state index contributed by atoms with van der Waals surface area (Å²) in [7, 11) is 0. The number of nitrogens with one attached hydrogen (secondary N) is 1. The Bertz CT molecular complexity index is 433. The molecule has 1 fully saturated rings. The zero-order valence-corrected chi connectivity index (χ0v) is 9.27. The molecule has 1 aliphatic rings. The van der Waals surface area contributed by atoms with Crippen LogP contribution in [-0.4, -0.2) is 33.9 Å². The van der Waals surface area contributed by atoms with Crippen LogP contribution in [0, 0.1) is 5.92 Å². The molecule has 5 heteroatoms. The Hall–Kier alpha value is -1.65. The van der Waals surface area contributed by atoms with Crippen LogP contribution in [0.1, 0.15) is 30.1 Å². The molecule has 0 radical (unpaired) electrons. The average molecular weight is 221 g/mol. The monoisotopic (exact) mass is 221 g/mol. The number of hydrogen-bond donors (Lipinski definition) is 1. The van der Waals surface area contributed by atoms with Gasteiger partial charge in [-0.25, -0.2) is 4.98 Å². The summed E-state index contributed by atoms with van der Waals surface area (Å²) < 4.78 is 0. The zero-order valence-electron chi connectivity index (χ0n) is 9.27. The van der Waals surface area contributed by atoms with Gasteiger partial charge in [0, 0.05) is 19.3 Å². The number of carbonyl (C=O) groups excluding carboxylic acids is 1. The van der Waals surface area contributed by atoms with Crippen LogP contribution in [0.4, 0.5) is 0 Å². The number of nitrogens with zero attached hydrogens (tertiary/aromatic N) is 2. The molecule has 0 aliphatic carbocycles. The third kappa shape index (κ3) is 2.13. The first-order valence-corrected chi connectivity index (χ1v) is 5.50. The number of carbonyl (C=O) groups is 1. The largest absolute Gasteiger partial charge is 0.338 e. The molecule has 2 rings (SSSR count). The Balaban J connectivity index is 2.14. The highest BCUT2D eigenvalue weighted by Gasteiger charge is 2.23. The van der Waals surface area contributed by atoms with Crippen LogP contribution in [0.5, 0.6) is 0 Å². The van der Waals surface area contributed by atoms with E-state index in [2.05, 4.69) is 16.9 Å². The van der Waals surface area contributed by atoms with E-state index in [-0.39, 0.29) is 17.0 Å². The lowest BCUT2D eigenvalue weighted by Crippen LogP contribution is -2.40. The van der Waals surface area contributed by atoms with E-state index in [1.807, 2.05) is 0 Å².